The molecule has 7 nitrogen and oxygen atoms in total. The summed E-state index contributed by atoms with van der Waals surface area (Å²) in [6.45, 7) is 2.50. The van der Waals surface area contributed by atoms with Crippen LogP contribution in [0.4, 0.5) is 0 Å². The highest BCUT2D eigenvalue weighted by Gasteiger charge is 2.36. The van der Waals surface area contributed by atoms with E-state index in [2.05, 4.69) is 5.32 Å². The lowest BCUT2D eigenvalue weighted by Crippen LogP contribution is -2.33. The predicted molar refractivity (Wildman–Crippen MR) is 106 cm³/mol. The zero-order chi connectivity index (χ0) is 21.0. The Morgan fingerprint density at radius 1 is 1.24 bits per heavy atom. The van der Waals surface area contributed by atoms with E-state index >= 15 is 0 Å². The molecule has 1 aliphatic heterocycles. The zero-order valence-corrected chi connectivity index (χ0v) is 16.4. The number of carboxylic acid groups (broad SMARTS) is 1. The van der Waals surface area contributed by atoms with Gasteiger partial charge in [0.1, 0.15) is 11.3 Å². The van der Waals surface area contributed by atoms with Crippen LogP contribution in [0.3, 0.4) is 0 Å². The third-order valence-electron chi connectivity index (χ3n) is 5.24. The molecular formula is C22H24N2O5. The van der Waals surface area contributed by atoms with Crippen LogP contribution >= 0.6 is 0 Å². The molecule has 0 bridgehead atoms. The van der Waals surface area contributed by atoms with Gasteiger partial charge in [0, 0.05) is 19.5 Å². The average Bonchev–Trinajstić information content (AvgIpc) is 3.13. The maximum Gasteiger partial charge on any atom is 0.339 e. The molecule has 2 N–H and O–H groups in total. The van der Waals surface area contributed by atoms with E-state index in [1.54, 1.807) is 17.0 Å². The molecular weight excluding hydrogens is 372 g/mol. The molecule has 0 saturated carbocycles. The second-order valence-corrected chi connectivity index (χ2v) is 7.09. The lowest BCUT2D eigenvalue weighted by molar-refractivity contribution is -0.130. The Balaban J connectivity index is 1.61. The average molecular weight is 396 g/mol. The van der Waals surface area contributed by atoms with E-state index in [1.807, 2.05) is 37.3 Å². The SMILES string of the molecule is COc1ccc(CNC(=O)[C@@H]2CC(=O)N([C@@H](C)c3ccccc3)C2)cc1C(=O)O. The van der Waals surface area contributed by atoms with Gasteiger partial charge in [-0.25, -0.2) is 4.79 Å². The van der Waals surface area contributed by atoms with E-state index in [0.717, 1.165) is 5.56 Å². The highest BCUT2D eigenvalue weighted by atomic mass is 16.5. The number of carboxylic acids is 1. The van der Waals surface area contributed by atoms with Crippen LogP contribution in [0, 0.1) is 5.92 Å². The first-order chi connectivity index (χ1) is 13.9. The van der Waals surface area contributed by atoms with Gasteiger partial charge in [0.05, 0.1) is 19.1 Å². The van der Waals surface area contributed by atoms with Crippen LogP contribution in [0.2, 0.25) is 0 Å². The predicted octanol–water partition coefficient (Wildman–Crippen LogP) is 2.62. The molecule has 1 heterocycles. The number of methoxy groups -OCH3 is 1. The molecule has 152 valence electrons. The van der Waals surface area contributed by atoms with Crippen molar-refractivity contribution in [2.45, 2.75) is 25.9 Å². The van der Waals surface area contributed by atoms with E-state index in [1.165, 1.54) is 13.2 Å². The Morgan fingerprint density at radius 3 is 2.62 bits per heavy atom. The number of carbonyl (C=O) groups is 3. The summed E-state index contributed by atoms with van der Waals surface area (Å²) in [6.07, 6.45) is 0.173. The minimum absolute atomic E-state index is 0.0400. The van der Waals surface area contributed by atoms with E-state index in [4.69, 9.17) is 4.74 Å². The Labute approximate surface area is 169 Å². The van der Waals surface area contributed by atoms with Crippen molar-refractivity contribution in [1.82, 2.24) is 10.2 Å². The molecule has 0 radical (unpaired) electrons. The smallest absolute Gasteiger partial charge is 0.339 e. The molecule has 0 unspecified atom stereocenters. The van der Waals surface area contributed by atoms with Crippen LogP contribution < -0.4 is 10.1 Å². The van der Waals surface area contributed by atoms with Gasteiger partial charge < -0.3 is 20.1 Å². The van der Waals surface area contributed by atoms with Crippen molar-refractivity contribution < 1.29 is 24.2 Å². The highest BCUT2D eigenvalue weighted by Crippen LogP contribution is 2.28. The number of hydrogen-bond donors (Lipinski definition) is 2. The molecule has 1 aliphatic rings. The lowest BCUT2D eigenvalue weighted by Gasteiger charge is -2.25. The summed E-state index contributed by atoms with van der Waals surface area (Å²) in [4.78, 5) is 38.1. The van der Waals surface area contributed by atoms with Crippen LogP contribution in [0.15, 0.2) is 48.5 Å². The molecule has 2 amide bonds. The molecule has 0 aliphatic carbocycles. The van der Waals surface area contributed by atoms with E-state index < -0.39 is 11.9 Å². The van der Waals surface area contributed by atoms with Gasteiger partial charge in [0.2, 0.25) is 11.8 Å². The fourth-order valence-corrected chi connectivity index (χ4v) is 3.56. The summed E-state index contributed by atoms with van der Waals surface area (Å²) in [5.41, 5.74) is 1.72. The van der Waals surface area contributed by atoms with Crippen molar-refractivity contribution in [2.24, 2.45) is 5.92 Å². The van der Waals surface area contributed by atoms with Gasteiger partial charge >= 0.3 is 5.97 Å². The highest BCUT2D eigenvalue weighted by molar-refractivity contribution is 5.91. The van der Waals surface area contributed by atoms with Crippen molar-refractivity contribution in [1.29, 1.82) is 0 Å². The number of likely N-dealkylation sites (tertiary alicyclic amines) is 1. The van der Waals surface area contributed by atoms with Gasteiger partial charge in [0.25, 0.3) is 0 Å². The zero-order valence-electron chi connectivity index (χ0n) is 16.4. The van der Waals surface area contributed by atoms with Gasteiger partial charge in [-0.15, -0.1) is 0 Å². The molecule has 2 aromatic carbocycles. The molecule has 29 heavy (non-hydrogen) atoms. The summed E-state index contributed by atoms with van der Waals surface area (Å²) >= 11 is 0. The normalized spacial score (nSPS) is 17.1. The maximum atomic E-state index is 12.6. The first-order valence-electron chi connectivity index (χ1n) is 9.43. The standard InChI is InChI=1S/C22H24N2O5/c1-14(16-6-4-3-5-7-16)24-13-17(11-20(24)25)21(26)23-12-15-8-9-19(29-2)18(10-15)22(27)28/h3-10,14,17H,11-13H2,1-2H3,(H,23,26)(H,27,28)/t14-,17+/m0/s1. The maximum absolute atomic E-state index is 12.6. The number of rotatable bonds is 7. The quantitative estimate of drug-likeness (QED) is 0.750. The summed E-state index contributed by atoms with van der Waals surface area (Å²) in [7, 11) is 1.41. The molecule has 2 atom stereocenters. The number of ether oxygens (including phenoxy) is 1. The molecule has 7 heteroatoms. The van der Waals surface area contributed by atoms with Crippen molar-refractivity contribution >= 4 is 17.8 Å². The summed E-state index contributed by atoms with van der Waals surface area (Å²) < 4.78 is 5.04. The first kappa shape index (κ1) is 20.4. The molecule has 1 saturated heterocycles. The number of nitrogens with one attached hydrogen (secondary N) is 1. The second kappa shape index (κ2) is 8.77. The fraction of sp³-hybridized carbons (Fsp3) is 0.318. The van der Waals surface area contributed by atoms with Crippen LogP contribution in [-0.4, -0.2) is 41.4 Å². The topological polar surface area (TPSA) is 95.9 Å². The number of benzene rings is 2. The van der Waals surface area contributed by atoms with Gasteiger partial charge in [-0.1, -0.05) is 36.4 Å². The summed E-state index contributed by atoms with van der Waals surface area (Å²) in [5, 5.41) is 12.1. The van der Waals surface area contributed by atoms with Crippen LogP contribution in [0.25, 0.3) is 0 Å². The van der Waals surface area contributed by atoms with Gasteiger partial charge in [0.15, 0.2) is 0 Å². The molecule has 2 aromatic rings. The minimum atomic E-state index is -1.10. The monoisotopic (exact) mass is 396 g/mol. The third-order valence-corrected chi connectivity index (χ3v) is 5.24. The van der Waals surface area contributed by atoms with Crippen LogP contribution in [0.5, 0.6) is 5.75 Å². The third kappa shape index (κ3) is 4.56. The fourth-order valence-electron chi connectivity index (χ4n) is 3.56. The number of carbonyl (C=O) groups excluding carboxylic acids is 2. The Morgan fingerprint density at radius 2 is 1.97 bits per heavy atom. The molecule has 3 rings (SSSR count). The molecule has 0 spiro atoms. The van der Waals surface area contributed by atoms with Gasteiger partial charge in [-0.3, -0.25) is 9.59 Å². The number of hydrogen-bond acceptors (Lipinski definition) is 4. The summed E-state index contributed by atoms with van der Waals surface area (Å²) in [5.74, 6) is -1.51. The van der Waals surface area contributed by atoms with Gasteiger partial charge in [-0.2, -0.15) is 0 Å². The molecule has 0 aromatic heterocycles. The van der Waals surface area contributed by atoms with Crippen LogP contribution in [0.1, 0.15) is 40.9 Å². The van der Waals surface area contributed by atoms with Crippen molar-refractivity contribution in [3.63, 3.8) is 0 Å². The van der Waals surface area contributed by atoms with E-state index in [9.17, 15) is 19.5 Å². The van der Waals surface area contributed by atoms with E-state index in [-0.39, 0.29) is 42.1 Å². The number of aromatic carboxylic acids is 1. The lowest BCUT2D eigenvalue weighted by atomic mass is 10.1. The minimum Gasteiger partial charge on any atom is -0.496 e. The number of nitrogens with zero attached hydrogens (tertiary/aromatic N) is 1. The van der Waals surface area contributed by atoms with Crippen molar-refractivity contribution in [3.05, 3.63) is 65.2 Å². The Hall–Kier alpha value is -3.35. The van der Waals surface area contributed by atoms with E-state index in [0.29, 0.717) is 12.1 Å². The largest absolute Gasteiger partial charge is 0.496 e. The van der Waals surface area contributed by atoms with Gasteiger partial charge in [-0.05, 0) is 30.2 Å². The summed E-state index contributed by atoms with van der Waals surface area (Å²) in [6, 6.07) is 14.4. The first-order valence-corrected chi connectivity index (χ1v) is 9.43. The van der Waals surface area contributed by atoms with Crippen molar-refractivity contribution in [2.75, 3.05) is 13.7 Å². The number of amides is 2. The Bertz CT molecular complexity index is 913. The van der Waals surface area contributed by atoms with Crippen molar-refractivity contribution in [3.8, 4) is 5.75 Å². The van der Waals surface area contributed by atoms with Crippen LogP contribution in [-0.2, 0) is 16.1 Å². The molecule has 1 fully saturated rings. The Kier molecular flexibility index (Phi) is 6.16. The second-order valence-electron chi connectivity index (χ2n) is 7.09.